The van der Waals surface area contributed by atoms with E-state index in [1.807, 2.05) is 6.92 Å². The van der Waals surface area contributed by atoms with Gasteiger partial charge in [-0.05, 0) is 18.2 Å². The van der Waals surface area contributed by atoms with E-state index in [1.54, 1.807) is 37.4 Å². The monoisotopic (exact) mass is 354 g/mol. The molecule has 8 heteroatoms. The third kappa shape index (κ3) is 3.97. The predicted molar refractivity (Wildman–Crippen MR) is 95.0 cm³/mol. The van der Waals surface area contributed by atoms with Gasteiger partial charge in [0.15, 0.2) is 5.82 Å². The van der Waals surface area contributed by atoms with Crippen LogP contribution in [0.1, 0.15) is 12.7 Å². The lowest BCUT2D eigenvalue weighted by atomic mass is 10.2. The second-order valence-electron chi connectivity index (χ2n) is 5.53. The molecule has 26 heavy (non-hydrogen) atoms. The summed E-state index contributed by atoms with van der Waals surface area (Å²) in [7, 11) is 1.55. The number of methoxy groups -OCH3 is 1. The normalized spacial score (nSPS) is 10.5. The Kier molecular flexibility index (Phi) is 5.12. The first-order valence-corrected chi connectivity index (χ1v) is 8.06. The molecular weight excluding hydrogens is 336 g/mol. The number of anilines is 1. The molecule has 134 valence electrons. The molecule has 3 rings (SSSR count). The molecule has 8 nitrogen and oxygen atoms in total. The summed E-state index contributed by atoms with van der Waals surface area (Å²) in [5.41, 5.74) is 0.860. The highest BCUT2D eigenvalue weighted by molar-refractivity contribution is 5.90. The number of aryl methyl sites for hydroxylation is 1. The molecule has 1 amide bonds. The van der Waals surface area contributed by atoms with Crippen molar-refractivity contribution in [2.75, 3.05) is 12.4 Å². The van der Waals surface area contributed by atoms with Crippen LogP contribution in [-0.4, -0.2) is 27.7 Å². The molecule has 1 aromatic carbocycles. The number of carbonyl (C=O) groups excluding carboxylic acids is 1. The number of carbonyl (C=O) groups is 1. The summed E-state index contributed by atoms with van der Waals surface area (Å²) in [4.78, 5) is 28.5. The topological polar surface area (TPSA) is 99.2 Å². The van der Waals surface area contributed by atoms with Crippen LogP contribution in [0.25, 0.3) is 11.5 Å². The molecule has 2 heterocycles. The zero-order valence-electron chi connectivity index (χ0n) is 14.4. The molecule has 0 aliphatic heterocycles. The van der Waals surface area contributed by atoms with Crippen molar-refractivity contribution in [2.45, 2.75) is 19.9 Å². The average molecular weight is 354 g/mol. The minimum Gasteiger partial charge on any atom is -0.497 e. The number of ether oxygens (including phenoxy) is 1. The number of nitrogens with zero attached hydrogens (tertiary/aromatic N) is 3. The van der Waals surface area contributed by atoms with Crippen LogP contribution in [0.5, 0.6) is 5.75 Å². The van der Waals surface area contributed by atoms with Crippen molar-refractivity contribution in [3.63, 3.8) is 0 Å². The van der Waals surface area contributed by atoms with Crippen LogP contribution in [0, 0.1) is 0 Å². The number of nitrogens with one attached hydrogen (secondary N) is 1. The molecule has 0 saturated carbocycles. The van der Waals surface area contributed by atoms with Crippen LogP contribution in [0.15, 0.2) is 51.9 Å². The quantitative estimate of drug-likeness (QED) is 0.728. The summed E-state index contributed by atoms with van der Waals surface area (Å²) in [6.07, 6.45) is 2.17. The van der Waals surface area contributed by atoms with Crippen LogP contribution in [0.2, 0.25) is 0 Å². The van der Waals surface area contributed by atoms with Crippen molar-refractivity contribution < 1.29 is 14.1 Å². The van der Waals surface area contributed by atoms with E-state index in [2.05, 4.69) is 15.5 Å². The van der Waals surface area contributed by atoms with E-state index in [9.17, 15) is 9.59 Å². The standard InChI is InChI=1S/C18H18N4O4/c1-3-15-20-18(26-21-15)12-7-8-17(24)22(10-12)11-16(23)19-13-5-4-6-14(9-13)25-2/h4-10H,3,11H2,1-2H3,(H,19,23). The van der Waals surface area contributed by atoms with Gasteiger partial charge in [-0.1, -0.05) is 18.1 Å². The van der Waals surface area contributed by atoms with E-state index >= 15 is 0 Å². The smallest absolute Gasteiger partial charge is 0.259 e. The van der Waals surface area contributed by atoms with E-state index in [1.165, 1.54) is 16.8 Å². The van der Waals surface area contributed by atoms with E-state index < -0.39 is 0 Å². The summed E-state index contributed by atoms with van der Waals surface area (Å²) in [6.45, 7) is 1.77. The summed E-state index contributed by atoms with van der Waals surface area (Å²) in [5.74, 6) is 1.18. The van der Waals surface area contributed by atoms with E-state index in [0.717, 1.165) is 0 Å². The summed E-state index contributed by atoms with van der Waals surface area (Å²) < 4.78 is 11.6. The molecule has 0 atom stereocenters. The van der Waals surface area contributed by atoms with Crippen LogP contribution < -0.4 is 15.6 Å². The minimum atomic E-state index is -0.336. The number of amides is 1. The molecule has 0 aliphatic carbocycles. The first-order chi connectivity index (χ1) is 12.6. The Morgan fingerprint density at radius 2 is 2.15 bits per heavy atom. The number of aromatic nitrogens is 3. The first-order valence-electron chi connectivity index (χ1n) is 8.06. The van der Waals surface area contributed by atoms with Gasteiger partial charge in [0, 0.05) is 30.4 Å². The van der Waals surface area contributed by atoms with Crippen molar-refractivity contribution in [2.24, 2.45) is 0 Å². The molecule has 0 spiro atoms. The molecule has 0 fully saturated rings. The van der Waals surface area contributed by atoms with Gasteiger partial charge < -0.3 is 19.1 Å². The molecular formula is C18H18N4O4. The van der Waals surface area contributed by atoms with Crippen molar-refractivity contribution in [1.29, 1.82) is 0 Å². The lowest BCUT2D eigenvalue weighted by Gasteiger charge is -2.09. The summed E-state index contributed by atoms with van der Waals surface area (Å²) in [5, 5.41) is 6.57. The predicted octanol–water partition coefficient (Wildman–Crippen LogP) is 2.11. The highest BCUT2D eigenvalue weighted by atomic mass is 16.5. The maximum Gasteiger partial charge on any atom is 0.259 e. The fourth-order valence-corrected chi connectivity index (χ4v) is 2.35. The van der Waals surface area contributed by atoms with Crippen LogP contribution in [0.3, 0.4) is 0 Å². The van der Waals surface area contributed by atoms with Gasteiger partial charge in [0.05, 0.1) is 12.7 Å². The molecule has 0 unspecified atom stereocenters. The largest absolute Gasteiger partial charge is 0.497 e. The maximum absolute atomic E-state index is 12.3. The number of hydrogen-bond donors (Lipinski definition) is 1. The highest BCUT2D eigenvalue weighted by Gasteiger charge is 2.11. The molecule has 0 saturated heterocycles. The van der Waals surface area contributed by atoms with E-state index in [-0.39, 0.29) is 18.0 Å². The fourth-order valence-electron chi connectivity index (χ4n) is 2.35. The van der Waals surface area contributed by atoms with E-state index in [0.29, 0.717) is 35.1 Å². The fraction of sp³-hybridized carbons (Fsp3) is 0.222. The average Bonchev–Trinajstić information content (AvgIpc) is 3.13. The number of pyridine rings is 1. The number of rotatable bonds is 6. The zero-order valence-corrected chi connectivity index (χ0v) is 14.4. The molecule has 1 N–H and O–H groups in total. The SMILES string of the molecule is CCc1noc(-c2ccc(=O)n(CC(=O)Nc3cccc(OC)c3)c2)n1. The van der Waals surface area contributed by atoms with Gasteiger partial charge in [-0.25, -0.2) is 0 Å². The van der Waals surface area contributed by atoms with Gasteiger partial charge in [-0.15, -0.1) is 0 Å². The van der Waals surface area contributed by atoms with Crippen LogP contribution in [-0.2, 0) is 17.8 Å². The number of hydrogen-bond acceptors (Lipinski definition) is 6. The first kappa shape index (κ1) is 17.4. The summed E-state index contributed by atoms with van der Waals surface area (Å²) >= 11 is 0. The molecule has 2 aromatic heterocycles. The Hall–Kier alpha value is -3.42. The van der Waals surface area contributed by atoms with Gasteiger partial charge in [0.25, 0.3) is 11.4 Å². The Bertz CT molecular complexity index is 977. The van der Waals surface area contributed by atoms with Gasteiger partial charge in [0.1, 0.15) is 12.3 Å². The molecule has 0 aliphatic rings. The lowest BCUT2D eigenvalue weighted by molar-refractivity contribution is -0.116. The Labute approximate surface area is 149 Å². The Morgan fingerprint density at radius 3 is 2.88 bits per heavy atom. The van der Waals surface area contributed by atoms with Gasteiger partial charge in [0.2, 0.25) is 5.91 Å². The van der Waals surface area contributed by atoms with Crippen molar-refractivity contribution >= 4 is 11.6 Å². The van der Waals surface area contributed by atoms with Gasteiger partial charge >= 0.3 is 0 Å². The summed E-state index contributed by atoms with van der Waals surface area (Å²) in [6, 6.07) is 9.93. The lowest BCUT2D eigenvalue weighted by Crippen LogP contribution is -2.26. The number of benzene rings is 1. The molecule has 0 radical (unpaired) electrons. The Morgan fingerprint density at radius 1 is 1.31 bits per heavy atom. The van der Waals surface area contributed by atoms with Crippen molar-refractivity contribution in [1.82, 2.24) is 14.7 Å². The second-order valence-corrected chi connectivity index (χ2v) is 5.53. The zero-order chi connectivity index (χ0) is 18.5. The molecule has 0 bridgehead atoms. The third-order valence-electron chi connectivity index (χ3n) is 3.68. The van der Waals surface area contributed by atoms with Crippen LogP contribution >= 0.6 is 0 Å². The van der Waals surface area contributed by atoms with Crippen molar-refractivity contribution in [3.8, 4) is 17.2 Å². The highest BCUT2D eigenvalue weighted by Crippen LogP contribution is 2.17. The van der Waals surface area contributed by atoms with Gasteiger partial charge in [-0.3, -0.25) is 9.59 Å². The van der Waals surface area contributed by atoms with E-state index in [4.69, 9.17) is 9.26 Å². The van der Waals surface area contributed by atoms with Gasteiger partial charge in [-0.2, -0.15) is 4.98 Å². The maximum atomic E-state index is 12.3. The van der Waals surface area contributed by atoms with Crippen molar-refractivity contribution in [3.05, 3.63) is 58.8 Å². The van der Waals surface area contributed by atoms with Crippen LogP contribution in [0.4, 0.5) is 5.69 Å². The third-order valence-corrected chi connectivity index (χ3v) is 3.68. The molecule has 3 aromatic rings. The second kappa shape index (κ2) is 7.64. The minimum absolute atomic E-state index is 0.140. The Balaban J connectivity index is 1.77.